The SMILES string of the molecule is Cc1c(Cl)cnc(NC(=O)COC(=O)c2c3c(nc4ccccc24)C(=Cc2cccs2)CCC3)c1Cl. The molecule has 0 aliphatic heterocycles. The Hall–Kier alpha value is -3.26. The standard InChI is InChI=1S/C27H21Cl2N3O3S/c1-15-20(28)13-30-26(24(15)29)32-22(33)14-35-27(34)23-18-8-2-3-10-21(18)31-25-16(6-4-9-19(23)25)12-17-7-5-11-36-17/h2-3,5,7-8,10-13H,4,6,9,14H2,1H3,(H,30,32,33). The quantitative estimate of drug-likeness (QED) is 0.277. The first-order valence-corrected chi connectivity index (χ1v) is 13.0. The number of rotatable bonds is 5. The summed E-state index contributed by atoms with van der Waals surface area (Å²) in [5, 5.41) is 5.95. The van der Waals surface area contributed by atoms with Crippen LogP contribution in [0.25, 0.3) is 22.6 Å². The lowest BCUT2D eigenvalue weighted by atomic mass is 9.86. The minimum absolute atomic E-state index is 0.162. The van der Waals surface area contributed by atoms with Crippen LogP contribution < -0.4 is 5.32 Å². The number of benzene rings is 1. The first-order chi connectivity index (χ1) is 17.4. The van der Waals surface area contributed by atoms with Gasteiger partial charge in [0.1, 0.15) is 0 Å². The lowest BCUT2D eigenvalue weighted by Crippen LogP contribution is -2.23. The Balaban J connectivity index is 1.44. The third-order valence-electron chi connectivity index (χ3n) is 6.03. The number of thiophene rings is 1. The van der Waals surface area contributed by atoms with E-state index >= 15 is 0 Å². The summed E-state index contributed by atoms with van der Waals surface area (Å²) in [6.45, 7) is 1.24. The predicted molar refractivity (Wildman–Crippen MR) is 145 cm³/mol. The minimum atomic E-state index is -0.566. The second-order valence-corrected chi connectivity index (χ2v) is 10.2. The van der Waals surface area contributed by atoms with Gasteiger partial charge >= 0.3 is 5.97 Å². The third kappa shape index (κ3) is 4.87. The minimum Gasteiger partial charge on any atom is -0.452 e. The molecule has 3 heterocycles. The summed E-state index contributed by atoms with van der Waals surface area (Å²) in [5.41, 5.74) is 4.53. The number of halogens is 2. The normalized spacial score (nSPS) is 14.0. The molecule has 1 amide bonds. The summed E-state index contributed by atoms with van der Waals surface area (Å²) in [6.07, 6.45) is 6.01. The number of para-hydroxylation sites is 1. The summed E-state index contributed by atoms with van der Waals surface area (Å²) in [6, 6.07) is 11.6. The van der Waals surface area contributed by atoms with Crippen molar-refractivity contribution >= 4 is 74.8 Å². The Bertz CT molecular complexity index is 1520. The summed E-state index contributed by atoms with van der Waals surface area (Å²) in [7, 11) is 0. The van der Waals surface area contributed by atoms with Crippen LogP contribution in [-0.4, -0.2) is 28.5 Å². The number of anilines is 1. The summed E-state index contributed by atoms with van der Waals surface area (Å²) < 4.78 is 5.48. The number of allylic oxidation sites excluding steroid dienone is 1. The zero-order valence-electron chi connectivity index (χ0n) is 19.3. The van der Waals surface area contributed by atoms with Crippen molar-refractivity contribution in [2.24, 2.45) is 0 Å². The number of pyridine rings is 2. The number of nitrogens with zero attached hydrogens (tertiary/aromatic N) is 2. The van der Waals surface area contributed by atoms with E-state index in [0.29, 0.717) is 33.5 Å². The molecule has 0 radical (unpaired) electrons. The van der Waals surface area contributed by atoms with Crippen molar-refractivity contribution in [3.63, 3.8) is 0 Å². The topological polar surface area (TPSA) is 81.2 Å². The zero-order chi connectivity index (χ0) is 25.2. The molecule has 5 rings (SSSR count). The second-order valence-electron chi connectivity index (χ2n) is 8.39. The molecule has 4 aromatic rings. The number of fused-ring (bicyclic) bond motifs is 2. The average Bonchev–Trinajstić information content (AvgIpc) is 3.40. The number of hydrogen-bond donors (Lipinski definition) is 1. The van der Waals surface area contributed by atoms with Gasteiger partial charge in [-0.05, 0) is 66.5 Å². The molecule has 1 N–H and O–H groups in total. The molecular weight excluding hydrogens is 517 g/mol. The highest BCUT2D eigenvalue weighted by molar-refractivity contribution is 7.10. The second kappa shape index (κ2) is 10.4. The Labute approximate surface area is 221 Å². The van der Waals surface area contributed by atoms with Crippen molar-refractivity contribution in [1.82, 2.24) is 9.97 Å². The van der Waals surface area contributed by atoms with Crippen molar-refractivity contribution in [2.75, 3.05) is 11.9 Å². The van der Waals surface area contributed by atoms with Crippen LogP contribution in [0.5, 0.6) is 0 Å². The van der Waals surface area contributed by atoms with E-state index in [2.05, 4.69) is 22.4 Å². The number of carbonyl (C=O) groups excluding carboxylic acids is 2. The number of amides is 1. The van der Waals surface area contributed by atoms with Crippen LogP contribution >= 0.6 is 34.5 Å². The van der Waals surface area contributed by atoms with E-state index in [1.54, 1.807) is 18.3 Å². The van der Waals surface area contributed by atoms with E-state index in [1.807, 2.05) is 35.7 Å². The summed E-state index contributed by atoms with van der Waals surface area (Å²) >= 11 is 13.9. The number of nitrogens with one attached hydrogen (secondary N) is 1. The van der Waals surface area contributed by atoms with Gasteiger partial charge < -0.3 is 10.1 Å². The molecular formula is C27H21Cl2N3O3S. The number of carbonyl (C=O) groups is 2. The van der Waals surface area contributed by atoms with Gasteiger partial charge in [0.25, 0.3) is 5.91 Å². The molecule has 0 unspecified atom stereocenters. The van der Waals surface area contributed by atoms with Gasteiger partial charge in [0.2, 0.25) is 0 Å². The fraction of sp³-hybridized carbons (Fsp3) is 0.185. The van der Waals surface area contributed by atoms with Gasteiger partial charge in [-0.25, -0.2) is 14.8 Å². The number of ether oxygens (including phenoxy) is 1. The molecule has 6 nitrogen and oxygen atoms in total. The maximum atomic E-state index is 13.4. The Morgan fingerprint density at radius 3 is 2.81 bits per heavy atom. The smallest absolute Gasteiger partial charge is 0.339 e. The van der Waals surface area contributed by atoms with Gasteiger partial charge in [-0.2, -0.15) is 0 Å². The van der Waals surface area contributed by atoms with E-state index in [9.17, 15) is 9.59 Å². The number of esters is 1. The van der Waals surface area contributed by atoms with Gasteiger partial charge in [0.15, 0.2) is 12.4 Å². The maximum absolute atomic E-state index is 13.4. The van der Waals surface area contributed by atoms with Gasteiger partial charge in [-0.3, -0.25) is 4.79 Å². The fourth-order valence-electron chi connectivity index (χ4n) is 4.27. The van der Waals surface area contributed by atoms with Gasteiger partial charge in [-0.1, -0.05) is 47.5 Å². The largest absolute Gasteiger partial charge is 0.452 e. The molecule has 9 heteroatoms. The number of aromatic nitrogens is 2. The van der Waals surface area contributed by atoms with Crippen molar-refractivity contribution in [2.45, 2.75) is 26.2 Å². The summed E-state index contributed by atoms with van der Waals surface area (Å²) in [4.78, 5) is 36.0. The monoisotopic (exact) mass is 537 g/mol. The first-order valence-electron chi connectivity index (χ1n) is 11.4. The molecule has 0 saturated heterocycles. The zero-order valence-corrected chi connectivity index (χ0v) is 21.6. The van der Waals surface area contributed by atoms with Gasteiger partial charge in [0, 0.05) is 16.5 Å². The van der Waals surface area contributed by atoms with E-state index in [1.165, 1.54) is 6.20 Å². The summed E-state index contributed by atoms with van der Waals surface area (Å²) in [5.74, 6) is -0.955. The van der Waals surface area contributed by atoms with Gasteiger partial charge in [-0.15, -0.1) is 11.3 Å². The maximum Gasteiger partial charge on any atom is 0.339 e. The van der Waals surface area contributed by atoms with Crippen molar-refractivity contribution in [1.29, 1.82) is 0 Å². The predicted octanol–water partition coefficient (Wildman–Crippen LogP) is 6.98. The number of hydrogen-bond acceptors (Lipinski definition) is 6. The molecule has 1 aliphatic rings. The molecule has 36 heavy (non-hydrogen) atoms. The van der Waals surface area contributed by atoms with Crippen molar-refractivity contribution in [3.05, 3.63) is 85.3 Å². The molecule has 0 saturated carbocycles. The lowest BCUT2D eigenvalue weighted by Gasteiger charge is -2.22. The fourth-order valence-corrected chi connectivity index (χ4v) is 5.34. The average molecular weight is 538 g/mol. The van der Waals surface area contributed by atoms with Gasteiger partial charge in [0.05, 0.1) is 26.8 Å². The van der Waals surface area contributed by atoms with Crippen molar-refractivity contribution < 1.29 is 14.3 Å². The van der Waals surface area contributed by atoms with E-state index in [-0.39, 0.29) is 10.8 Å². The van der Waals surface area contributed by atoms with Crippen LogP contribution in [0.15, 0.2) is 48.0 Å². The molecule has 0 atom stereocenters. The Morgan fingerprint density at radius 1 is 1.17 bits per heavy atom. The molecule has 0 bridgehead atoms. The lowest BCUT2D eigenvalue weighted by molar-refractivity contribution is -0.119. The molecule has 182 valence electrons. The third-order valence-corrected chi connectivity index (χ3v) is 7.69. The molecule has 3 aromatic heterocycles. The highest BCUT2D eigenvalue weighted by Gasteiger charge is 2.26. The molecule has 0 fully saturated rings. The van der Waals surface area contributed by atoms with Crippen LogP contribution in [0.1, 0.15) is 44.9 Å². The highest BCUT2D eigenvalue weighted by atomic mass is 35.5. The first kappa shape index (κ1) is 24.4. The van der Waals surface area contributed by atoms with E-state index < -0.39 is 18.5 Å². The van der Waals surface area contributed by atoms with Crippen LogP contribution in [0, 0.1) is 6.92 Å². The van der Waals surface area contributed by atoms with Crippen LogP contribution in [0.4, 0.5) is 5.82 Å². The van der Waals surface area contributed by atoms with Crippen molar-refractivity contribution in [3.8, 4) is 0 Å². The molecule has 0 spiro atoms. The van der Waals surface area contributed by atoms with Crippen LogP contribution in [0.2, 0.25) is 10.0 Å². The van der Waals surface area contributed by atoms with Crippen LogP contribution in [0.3, 0.4) is 0 Å². The molecule has 1 aromatic carbocycles. The molecule has 1 aliphatic carbocycles. The van der Waals surface area contributed by atoms with E-state index in [0.717, 1.165) is 34.5 Å². The Kier molecular flexibility index (Phi) is 7.05. The Morgan fingerprint density at radius 2 is 2.00 bits per heavy atom. The highest BCUT2D eigenvalue weighted by Crippen LogP contribution is 2.37. The van der Waals surface area contributed by atoms with Crippen LogP contribution in [-0.2, 0) is 16.0 Å². The van der Waals surface area contributed by atoms with E-state index in [4.69, 9.17) is 32.9 Å².